The van der Waals surface area contributed by atoms with E-state index in [9.17, 15) is 18.0 Å². The van der Waals surface area contributed by atoms with E-state index in [-0.39, 0.29) is 35.9 Å². The molecule has 0 radical (unpaired) electrons. The number of carbonyl (C=O) groups is 1. The molecule has 5 fully saturated rings. The van der Waals surface area contributed by atoms with E-state index in [0.717, 1.165) is 68.8 Å². The molecular weight excluding hydrogens is 417 g/mol. The molecule has 176 valence electrons. The smallest absolute Gasteiger partial charge is 0.374 e. The second kappa shape index (κ2) is 8.54. The number of alkyl halides is 3. The minimum atomic E-state index is -4.37. The lowest BCUT2D eigenvalue weighted by molar-refractivity contribution is -0.139. The highest BCUT2D eigenvalue weighted by Gasteiger charge is 2.51. The summed E-state index contributed by atoms with van der Waals surface area (Å²) in [6, 6.07) is 5.64. The number of benzene rings is 1. The first-order chi connectivity index (χ1) is 15.3. The van der Waals surface area contributed by atoms with Gasteiger partial charge in [0.15, 0.2) is 0 Å². The summed E-state index contributed by atoms with van der Waals surface area (Å²) < 4.78 is 45.3. The molecule has 0 atom stereocenters. The van der Waals surface area contributed by atoms with Crippen molar-refractivity contribution in [2.45, 2.75) is 94.7 Å². The molecule has 0 heterocycles. The van der Waals surface area contributed by atoms with Gasteiger partial charge in [-0.3, -0.25) is 0 Å². The van der Waals surface area contributed by atoms with Gasteiger partial charge in [-0.15, -0.1) is 0 Å². The average Bonchev–Trinajstić information content (AvgIpc) is 2.71. The largest absolute Gasteiger partial charge is 0.416 e. The molecule has 6 rings (SSSR count). The van der Waals surface area contributed by atoms with Crippen LogP contribution in [0, 0.1) is 17.8 Å². The molecule has 32 heavy (non-hydrogen) atoms. The molecule has 4 nitrogen and oxygen atoms in total. The molecule has 1 aromatic rings. The molecule has 0 aromatic heterocycles. The number of rotatable bonds is 5. The van der Waals surface area contributed by atoms with Gasteiger partial charge in [0.05, 0.1) is 18.3 Å². The molecule has 7 heteroatoms. The summed E-state index contributed by atoms with van der Waals surface area (Å²) in [5.74, 6) is 2.37. The van der Waals surface area contributed by atoms with E-state index in [1.165, 1.54) is 31.4 Å². The van der Waals surface area contributed by atoms with Crippen LogP contribution in [0.5, 0.6) is 0 Å². The molecule has 2 N–H and O–H groups in total. The van der Waals surface area contributed by atoms with E-state index in [4.69, 9.17) is 4.74 Å². The predicted molar refractivity (Wildman–Crippen MR) is 115 cm³/mol. The van der Waals surface area contributed by atoms with Gasteiger partial charge < -0.3 is 15.4 Å². The third-order valence-corrected chi connectivity index (χ3v) is 8.22. The normalized spacial score (nSPS) is 36.2. The lowest BCUT2D eigenvalue weighted by atomic mass is 9.53. The Hall–Kier alpha value is -1.76. The van der Waals surface area contributed by atoms with Crippen LogP contribution in [0.4, 0.5) is 18.0 Å². The maximum absolute atomic E-state index is 13.2. The number of halogens is 3. The van der Waals surface area contributed by atoms with Crippen molar-refractivity contribution in [1.82, 2.24) is 10.6 Å². The molecular formula is C25H33F3N2O2. The van der Waals surface area contributed by atoms with Gasteiger partial charge in [-0.25, -0.2) is 4.79 Å². The van der Waals surface area contributed by atoms with Crippen LogP contribution in [0.15, 0.2) is 24.3 Å². The van der Waals surface area contributed by atoms with Crippen LogP contribution in [-0.2, 0) is 17.5 Å². The van der Waals surface area contributed by atoms with E-state index in [1.807, 2.05) is 0 Å². The van der Waals surface area contributed by atoms with Crippen LogP contribution in [-0.4, -0.2) is 23.7 Å². The Morgan fingerprint density at radius 1 is 0.969 bits per heavy atom. The van der Waals surface area contributed by atoms with E-state index in [2.05, 4.69) is 10.6 Å². The summed E-state index contributed by atoms with van der Waals surface area (Å²) in [7, 11) is 0. The second-order valence-electron chi connectivity index (χ2n) is 10.7. The Kier molecular flexibility index (Phi) is 5.89. The van der Waals surface area contributed by atoms with Gasteiger partial charge in [-0.1, -0.05) is 18.2 Å². The summed E-state index contributed by atoms with van der Waals surface area (Å²) in [6.07, 6.45) is 6.07. The van der Waals surface area contributed by atoms with Crippen LogP contribution in [0.1, 0.15) is 75.3 Å². The van der Waals surface area contributed by atoms with Crippen LogP contribution in [0.3, 0.4) is 0 Å². The zero-order valence-corrected chi connectivity index (χ0v) is 18.4. The van der Waals surface area contributed by atoms with E-state index < -0.39 is 11.7 Å². The molecule has 2 amide bonds. The predicted octanol–water partition coefficient (Wildman–Crippen LogP) is 5.80. The Balaban J connectivity index is 1.07. The van der Waals surface area contributed by atoms with Gasteiger partial charge in [-0.05, 0) is 93.6 Å². The molecule has 4 bridgehead atoms. The number of urea groups is 1. The average molecular weight is 451 g/mol. The quantitative estimate of drug-likeness (QED) is 0.596. The minimum Gasteiger partial charge on any atom is -0.374 e. The van der Waals surface area contributed by atoms with Crippen molar-refractivity contribution in [3.05, 3.63) is 35.4 Å². The van der Waals surface area contributed by atoms with Gasteiger partial charge in [0, 0.05) is 11.6 Å². The first kappa shape index (κ1) is 22.1. The van der Waals surface area contributed by atoms with Gasteiger partial charge >= 0.3 is 12.2 Å². The van der Waals surface area contributed by atoms with Crippen molar-refractivity contribution < 1.29 is 22.7 Å². The summed E-state index contributed by atoms with van der Waals surface area (Å²) >= 11 is 0. The summed E-state index contributed by atoms with van der Waals surface area (Å²) in [4.78, 5) is 12.8. The fourth-order valence-corrected chi connectivity index (χ4v) is 7.23. The third-order valence-electron chi connectivity index (χ3n) is 8.22. The first-order valence-electron chi connectivity index (χ1n) is 12.1. The topological polar surface area (TPSA) is 50.4 Å². The van der Waals surface area contributed by atoms with Crippen molar-refractivity contribution in [3.63, 3.8) is 0 Å². The maximum atomic E-state index is 13.2. The number of amides is 2. The van der Waals surface area contributed by atoms with Gasteiger partial charge in [-0.2, -0.15) is 13.2 Å². The molecule has 0 aliphatic heterocycles. The van der Waals surface area contributed by atoms with Crippen LogP contribution >= 0.6 is 0 Å². The van der Waals surface area contributed by atoms with Gasteiger partial charge in [0.25, 0.3) is 0 Å². The minimum absolute atomic E-state index is 0.00498. The standard InChI is InChI=1S/C25H33F3N2O2/c26-25(27,28)22-4-2-1-3-19(22)15-32-21-7-5-20(6-8-21)29-23(31)30-24-12-16-9-17(13-24)11-18(10-16)14-24/h1-4,16-18,20-21H,5-15H2,(H2,29,30,31)/t16?,17?,18?,20-,21-,24?. The molecule has 5 aliphatic carbocycles. The summed E-state index contributed by atoms with van der Waals surface area (Å²) in [5.41, 5.74) is -0.447. The van der Waals surface area contributed by atoms with Crippen molar-refractivity contribution in [2.75, 3.05) is 0 Å². The van der Waals surface area contributed by atoms with Crippen molar-refractivity contribution in [1.29, 1.82) is 0 Å². The first-order valence-corrected chi connectivity index (χ1v) is 12.1. The van der Waals surface area contributed by atoms with Crippen molar-refractivity contribution in [2.24, 2.45) is 17.8 Å². The van der Waals surface area contributed by atoms with Gasteiger partial charge in [0.1, 0.15) is 0 Å². The fraction of sp³-hybridized carbons (Fsp3) is 0.720. The Morgan fingerprint density at radius 3 is 2.16 bits per heavy atom. The number of carbonyl (C=O) groups excluding carboxylic acids is 1. The zero-order chi connectivity index (χ0) is 22.3. The highest BCUT2D eigenvalue weighted by molar-refractivity contribution is 5.75. The lowest BCUT2D eigenvalue weighted by Gasteiger charge is -2.56. The monoisotopic (exact) mass is 450 g/mol. The zero-order valence-electron chi connectivity index (χ0n) is 18.4. The van der Waals surface area contributed by atoms with E-state index in [0.29, 0.717) is 0 Å². The number of hydrogen-bond donors (Lipinski definition) is 2. The Labute approximate surface area is 187 Å². The second-order valence-corrected chi connectivity index (χ2v) is 10.7. The van der Waals surface area contributed by atoms with Crippen LogP contribution in [0.25, 0.3) is 0 Å². The number of hydrogen-bond acceptors (Lipinski definition) is 2. The number of nitrogens with one attached hydrogen (secondary N) is 2. The number of ether oxygens (including phenoxy) is 1. The molecule has 0 spiro atoms. The van der Waals surface area contributed by atoms with E-state index >= 15 is 0 Å². The van der Waals surface area contributed by atoms with Crippen LogP contribution < -0.4 is 10.6 Å². The molecule has 0 saturated heterocycles. The van der Waals surface area contributed by atoms with Crippen LogP contribution in [0.2, 0.25) is 0 Å². The summed E-state index contributed by atoms with van der Waals surface area (Å²) in [6.45, 7) is -0.0368. The molecule has 5 saturated carbocycles. The fourth-order valence-electron chi connectivity index (χ4n) is 7.23. The van der Waals surface area contributed by atoms with Crippen molar-refractivity contribution in [3.8, 4) is 0 Å². The van der Waals surface area contributed by atoms with E-state index in [1.54, 1.807) is 6.07 Å². The summed E-state index contributed by atoms with van der Waals surface area (Å²) in [5, 5.41) is 6.53. The third kappa shape index (κ3) is 4.78. The highest BCUT2D eigenvalue weighted by atomic mass is 19.4. The molecule has 0 unspecified atom stereocenters. The van der Waals surface area contributed by atoms with Crippen molar-refractivity contribution >= 4 is 6.03 Å². The Bertz CT molecular complexity index is 797. The highest BCUT2D eigenvalue weighted by Crippen LogP contribution is 2.55. The maximum Gasteiger partial charge on any atom is 0.416 e. The lowest BCUT2D eigenvalue weighted by Crippen LogP contribution is -2.62. The Morgan fingerprint density at radius 2 is 1.56 bits per heavy atom. The van der Waals surface area contributed by atoms with Gasteiger partial charge in [0.2, 0.25) is 0 Å². The SMILES string of the molecule is O=C(NC12CC3CC(CC(C3)C1)C2)N[C@H]1CC[C@H](OCc2ccccc2C(F)(F)F)CC1. The molecule has 5 aliphatic rings. The molecule has 1 aromatic carbocycles.